The molecule has 6 heteroatoms. The molecule has 0 fully saturated rings. The average Bonchev–Trinajstić information content (AvgIpc) is 3.21. The molecule has 0 saturated heterocycles. The predicted octanol–water partition coefficient (Wildman–Crippen LogP) is 5.64. The SMILES string of the molecule is CCCCC(CC)C(=O)Nc1ccc2ccn(Cc3ccc(C(=O)OC)cc3OC)c2c1. The molecule has 32 heavy (non-hydrogen) atoms. The number of carbonyl (C=O) groups excluding carboxylic acids is 2. The van der Waals surface area contributed by atoms with E-state index in [0.717, 1.165) is 47.8 Å². The van der Waals surface area contributed by atoms with Crippen molar-refractivity contribution in [2.45, 2.75) is 46.1 Å². The fourth-order valence-corrected chi connectivity index (χ4v) is 3.92. The molecule has 0 bridgehead atoms. The summed E-state index contributed by atoms with van der Waals surface area (Å²) in [6, 6.07) is 13.3. The Morgan fingerprint density at radius 3 is 2.56 bits per heavy atom. The van der Waals surface area contributed by atoms with Crippen molar-refractivity contribution in [3.63, 3.8) is 0 Å². The molecule has 1 N–H and O–H groups in total. The van der Waals surface area contributed by atoms with Gasteiger partial charge >= 0.3 is 5.97 Å². The van der Waals surface area contributed by atoms with Crippen LogP contribution in [-0.4, -0.2) is 30.7 Å². The smallest absolute Gasteiger partial charge is 0.337 e. The van der Waals surface area contributed by atoms with Crippen LogP contribution in [0.2, 0.25) is 0 Å². The van der Waals surface area contributed by atoms with Crippen LogP contribution in [0.3, 0.4) is 0 Å². The first kappa shape index (κ1) is 23.4. The number of hydrogen-bond donors (Lipinski definition) is 1. The van der Waals surface area contributed by atoms with Crippen LogP contribution in [0.5, 0.6) is 5.75 Å². The van der Waals surface area contributed by atoms with Gasteiger partial charge in [0.05, 0.1) is 31.8 Å². The molecule has 3 rings (SSSR count). The third-order valence-electron chi connectivity index (χ3n) is 5.86. The van der Waals surface area contributed by atoms with Crippen LogP contribution >= 0.6 is 0 Å². The van der Waals surface area contributed by atoms with E-state index >= 15 is 0 Å². The minimum Gasteiger partial charge on any atom is -0.496 e. The fourth-order valence-electron chi connectivity index (χ4n) is 3.92. The Hall–Kier alpha value is -3.28. The molecule has 1 aromatic heterocycles. The third-order valence-corrected chi connectivity index (χ3v) is 5.86. The Morgan fingerprint density at radius 2 is 1.88 bits per heavy atom. The van der Waals surface area contributed by atoms with Gasteiger partial charge in [0.2, 0.25) is 5.91 Å². The topological polar surface area (TPSA) is 69.6 Å². The summed E-state index contributed by atoms with van der Waals surface area (Å²) in [6.07, 6.45) is 5.92. The molecule has 0 aliphatic heterocycles. The summed E-state index contributed by atoms with van der Waals surface area (Å²) >= 11 is 0. The van der Waals surface area contributed by atoms with Crippen LogP contribution in [0.15, 0.2) is 48.7 Å². The number of amides is 1. The Kier molecular flexibility index (Phi) is 7.92. The van der Waals surface area contributed by atoms with E-state index < -0.39 is 5.97 Å². The van der Waals surface area contributed by atoms with E-state index in [1.807, 2.05) is 36.5 Å². The molecular formula is C26H32N2O4. The van der Waals surface area contributed by atoms with Crippen LogP contribution in [0.1, 0.15) is 55.5 Å². The number of carbonyl (C=O) groups is 2. The van der Waals surface area contributed by atoms with Crippen molar-refractivity contribution in [2.24, 2.45) is 5.92 Å². The minimum absolute atomic E-state index is 0.0371. The lowest BCUT2D eigenvalue weighted by Crippen LogP contribution is -2.22. The van der Waals surface area contributed by atoms with E-state index in [4.69, 9.17) is 9.47 Å². The van der Waals surface area contributed by atoms with Crippen LogP contribution in [0.4, 0.5) is 5.69 Å². The number of esters is 1. The van der Waals surface area contributed by atoms with Gasteiger partial charge in [0, 0.05) is 23.4 Å². The molecule has 6 nitrogen and oxygen atoms in total. The van der Waals surface area contributed by atoms with Crippen molar-refractivity contribution in [1.29, 1.82) is 0 Å². The molecule has 0 aliphatic rings. The summed E-state index contributed by atoms with van der Waals surface area (Å²) in [5.41, 5.74) is 3.20. The van der Waals surface area contributed by atoms with E-state index in [2.05, 4.69) is 23.7 Å². The highest BCUT2D eigenvalue weighted by Crippen LogP contribution is 2.26. The van der Waals surface area contributed by atoms with Crippen LogP contribution in [0, 0.1) is 5.92 Å². The molecule has 3 aromatic rings. The van der Waals surface area contributed by atoms with Gasteiger partial charge in [-0.1, -0.05) is 38.8 Å². The van der Waals surface area contributed by atoms with Crippen molar-refractivity contribution in [1.82, 2.24) is 4.57 Å². The molecule has 0 spiro atoms. The first-order valence-corrected chi connectivity index (χ1v) is 11.2. The van der Waals surface area contributed by atoms with E-state index in [0.29, 0.717) is 17.9 Å². The normalized spacial score (nSPS) is 11.9. The van der Waals surface area contributed by atoms with Gasteiger partial charge in [-0.15, -0.1) is 0 Å². The van der Waals surface area contributed by atoms with Gasteiger partial charge in [-0.25, -0.2) is 4.79 Å². The number of methoxy groups -OCH3 is 2. The van der Waals surface area contributed by atoms with Gasteiger partial charge in [-0.05, 0) is 48.6 Å². The van der Waals surface area contributed by atoms with Gasteiger partial charge in [0.25, 0.3) is 0 Å². The zero-order valence-electron chi connectivity index (χ0n) is 19.3. The lowest BCUT2D eigenvalue weighted by Gasteiger charge is -2.15. The molecule has 1 unspecified atom stereocenters. The largest absolute Gasteiger partial charge is 0.496 e. The van der Waals surface area contributed by atoms with Crippen LogP contribution < -0.4 is 10.1 Å². The van der Waals surface area contributed by atoms with Gasteiger partial charge < -0.3 is 19.4 Å². The van der Waals surface area contributed by atoms with Crippen molar-refractivity contribution < 1.29 is 19.1 Å². The van der Waals surface area contributed by atoms with Crippen molar-refractivity contribution in [3.8, 4) is 5.75 Å². The monoisotopic (exact) mass is 436 g/mol. The summed E-state index contributed by atoms with van der Waals surface area (Å²) in [4.78, 5) is 24.5. The van der Waals surface area contributed by atoms with Crippen LogP contribution in [0.25, 0.3) is 10.9 Å². The maximum Gasteiger partial charge on any atom is 0.337 e. The molecule has 1 amide bonds. The highest BCUT2D eigenvalue weighted by molar-refractivity contribution is 5.95. The molecular weight excluding hydrogens is 404 g/mol. The third kappa shape index (κ3) is 5.31. The maximum atomic E-state index is 12.7. The Bertz CT molecular complexity index is 1090. The number of nitrogens with zero attached hydrogens (tertiary/aromatic N) is 1. The number of fused-ring (bicyclic) bond motifs is 1. The predicted molar refractivity (Wildman–Crippen MR) is 127 cm³/mol. The Morgan fingerprint density at radius 1 is 1.06 bits per heavy atom. The van der Waals surface area contributed by atoms with Gasteiger partial charge in [-0.2, -0.15) is 0 Å². The number of hydrogen-bond acceptors (Lipinski definition) is 4. The molecule has 2 aromatic carbocycles. The number of nitrogens with one attached hydrogen (secondary N) is 1. The zero-order valence-corrected chi connectivity index (χ0v) is 19.3. The average molecular weight is 437 g/mol. The molecule has 1 heterocycles. The van der Waals surface area contributed by atoms with E-state index in [1.165, 1.54) is 7.11 Å². The first-order chi connectivity index (χ1) is 15.5. The molecule has 0 radical (unpaired) electrons. The number of rotatable bonds is 10. The minimum atomic E-state index is -0.397. The lowest BCUT2D eigenvalue weighted by atomic mass is 9.98. The summed E-state index contributed by atoms with van der Waals surface area (Å²) in [5, 5.41) is 4.18. The van der Waals surface area contributed by atoms with E-state index in [9.17, 15) is 9.59 Å². The first-order valence-electron chi connectivity index (χ1n) is 11.2. The maximum absolute atomic E-state index is 12.7. The Balaban J connectivity index is 1.83. The second-order valence-corrected chi connectivity index (χ2v) is 7.97. The summed E-state index contributed by atoms with van der Waals surface area (Å²) < 4.78 is 12.4. The van der Waals surface area contributed by atoms with E-state index in [1.54, 1.807) is 19.2 Å². The second kappa shape index (κ2) is 10.8. The van der Waals surface area contributed by atoms with E-state index in [-0.39, 0.29) is 11.8 Å². The highest BCUT2D eigenvalue weighted by Gasteiger charge is 2.17. The number of benzene rings is 2. The van der Waals surface area contributed by atoms with Crippen LogP contribution in [-0.2, 0) is 16.1 Å². The van der Waals surface area contributed by atoms with Gasteiger partial charge in [0.1, 0.15) is 5.75 Å². The molecule has 1 atom stereocenters. The number of ether oxygens (including phenoxy) is 2. The number of unbranched alkanes of at least 4 members (excludes halogenated alkanes) is 1. The van der Waals surface area contributed by atoms with Crippen molar-refractivity contribution in [3.05, 3.63) is 59.8 Å². The second-order valence-electron chi connectivity index (χ2n) is 7.97. The van der Waals surface area contributed by atoms with Gasteiger partial charge in [-0.3, -0.25) is 4.79 Å². The zero-order chi connectivity index (χ0) is 23.1. The number of anilines is 1. The summed E-state index contributed by atoms with van der Waals surface area (Å²) in [5.74, 6) is 0.348. The lowest BCUT2D eigenvalue weighted by molar-refractivity contribution is -0.120. The fraction of sp³-hybridized carbons (Fsp3) is 0.385. The van der Waals surface area contributed by atoms with Gasteiger partial charge in [0.15, 0.2) is 0 Å². The highest BCUT2D eigenvalue weighted by atomic mass is 16.5. The summed E-state index contributed by atoms with van der Waals surface area (Å²) in [7, 11) is 2.95. The standard InChI is InChI=1S/C26H32N2O4/c1-5-7-8-18(6-2)25(29)27-22-12-11-19-13-14-28(23(19)16-22)17-21-10-9-20(26(30)32-4)15-24(21)31-3/h9-16,18H,5-8,17H2,1-4H3,(H,27,29). The Labute approximate surface area is 189 Å². The van der Waals surface area contributed by atoms with Crippen molar-refractivity contribution >= 4 is 28.5 Å². The molecule has 0 saturated carbocycles. The quantitative estimate of drug-likeness (QED) is 0.418. The number of aromatic nitrogens is 1. The summed E-state index contributed by atoms with van der Waals surface area (Å²) in [6.45, 7) is 4.78. The molecule has 0 aliphatic carbocycles. The molecule has 170 valence electrons. The van der Waals surface area contributed by atoms with Crippen molar-refractivity contribution in [2.75, 3.05) is 19.5 Å².